The lowest BCUT2D eigenvalue weighted by molar-refractivity contribution is 0.0941. The van der Waals surface area contributed by atoms with Crippen molar-refractivity contribution in [2.24, 2.45) is 0 Å². The molecule has 1 unspecified atom stereocenters. The molecule has 0 bridgehead atoms. The van der Waals surface area contributed by atoms with Gasteiger partial charge in [-0.25, -0.2) is 8.42 Å². The lowest BCUT2D eigenvalue weighted by atomic mass is 10.2. The van der Waals surface area contributed by atoms with Gasteiger partial charge in [0.2, 0.25) is 0 Å². The number of benzene rings is 1. The minimum absolute atomic E-state index is 0.0391. The van der Waals surface area contributed by atoms with Gasteiger partial charge in [0.25, 0.3) is 5.91 Å². The number of carbonyl (C=O) groups excluding carboxylic acids is 1. The largest absolute Gasteiger partial charge is 0.494 e. The van der Waals surface area contributed by atoms with Gasteiger partial charge in [0, 0.05) is 11.6 Å². The lowest BCUT2D eigenvalue weighted by Crippen LogP contribution is -2.35. The molecule has 122 valence electrons. The van der Waals surface area contributed by atoms with Gasteiger partial charge in [-0.3, -0.25) is 4.79 Å². The van der Waals surface area contributed by atoms with Crippen molar-refractivity contribution in [2.75, 3.05) is 18.1 Å². The van der Waals surface area contributed by atoms with Gasteiger partial charge >= 0.3 is 0 Å². The Labute approximate surface area is 132 Å². The first-order chi connectivity index (χ1) is 10.5. The molecule has 1 aliphatic rings. The van der Waals surface area contributed by atoms with Gasteiger partial charge in [0.15, 0.2) is 9.84 Å². The molecule has 1 aromatic rings. The third-order valence-electron chi connectivity index (χ3n) is 3.70. The Morgan fingerprint density at radius 1 is 1.27 bits per heavy atom. The van der Waals surface area contributed by atoms with Gasteiger partial charge in [0.1, 0.15) is 5.75 Å². The van der Waals surface area contributed by atoms with Gasteiger partial charge in [-0.15, -0.1) is 0 Å². The lowest BCUT2D eigenvalue weighted by Gasteiger charge is -2.11. The first-order valence-corrected chi connectivity index (χ1v) is 9.56. The van der Waals surface area contributed by atoms with Crippen LogP contribution in [0.25, 0.3) is 0 Å². The number of sulfone groups is 1. The van der Waals surface area contributed by atoms with Gasteiger partial charge in [-0.1, -0.05) is 19.8 Å². The molecule has 2 rings (SSSR count). The fourth-order valence-electron chi connectivity index (χ4n) is 2.42. The zero-order valence-electron chi connectivity index (χ0n) is 12.9. The Kier molecular flexibility index (Phi) is 5.83. The quantitative estimate of drug-likeness (QED) is 0.780. The molecule has 5 nitrogen and oxygen atoms in total. The van der Waals surface area contributed by atoms with Gasteiger partial charge in [-0.2, -0.15) is 0 Å². The van der Waals surface area contributed by atoms with E-state index in [1.54, 1.807) is 24.3 Å². The fraction of sp³-hybridized carbons (Fsp3) is 0.562. The van der Waals surface area contributed by atoms with Crippen molar-refractivity contribution in [3.63, 3.8) is 0 Å². The van der Waals surface area contributed by atoms with E-state index >= 15 is 0 Å². The van der Waals surface area contributed by atoms with E-state index < -0.39 is 9.84 Å². The summed E-state index contributed by atoms with van der Waals surface area (Å²) in [4.78, 5) is 12.1. The highest BCUT2D eigenvalue weighted by Gasteiger charge is 2.29. The summed E-state index contributed by atoms with van der Waals surface area (Å²) in [5.41, 5.74) is 0.519. The number of nitrogens with one attached hydrogen (secondary N) is 1. The molecular weight excluding hydrogens is 302 g/mol. The molecule has 1 fully saturated rings. The summed E-state index contributed by atoms with van der Waals surface area (Å²) in [5.74, 6) is 0.704. The minimum Gasteiger partial charge on any atom is -0.494 e. The third-order valence-corrected chi connectivity index (χ3v) is 5.47. The molecule has 22 heavy (non-hydrogen) atoms. The topological polar surface area (TPSA) is 72.5 Å². The van der Waals surface area contributed by atoms with Crippen molar-refractivity contribution >= 4 is 15.7 Å². The zero-order chi connectivity index (χ0) is 16.0. The molecule has 1 atom stereocenters. The van der Waals surface area contributed by atoms with Crippen LogP contribution in [0, 0.1) is 0 Å². The molecule has 1 amide bonds. The molecule has 6 heteroatoms. The maximum absolute atomic E-state index is 12.1. The van der Waals surface area contributed by atoms with Gasteiger partial charge < -0.3 is 10.1 Å². The first kappa shape index (κ1) is 16.8. The summed E-state index contributed by atoms with van der Waals surface area (Å²) in [6.07, 6.45) is 3.81. The highest BCUT2D eigenvalue weighted by atomic mass is 32.2. The number of amides is 1. The smallest absolute Gasteiger partial charge is 0.251 e. The van der Waals surface area contributed by atoms with Crippen LogP contribution in [0.3, 0.4) is 0 Å². The summed E-state index contributed by atoms with van der Waals surface area (Å²) < 4.78 is 28.4. The summed E-state index contributed by atoms with van der Waals surface area (Å²) >= 11 is 0. The van der Waals surface area contributed by atoms with E-state index in [0.29, 0.717) is 18.6 Å². The first-order valence-electron chi connectivity index (χ1n) is 7.74. The third kappa shape index (κ3) is 5.02. The molecule has 0 saturated carbocycles. The van der Waals surface area contributed by atoms with Crippen molar-refractivity contribution in [3.05, 3.63) is 29.8 Å². The Balaban J connectivity index is 1.83. The Morgan fingerprint density at radius 3 is 2.59 bits per heavy atom. The van der Waals surface area contributed by atoms with Gasteiger partial charge in [-0.05, 0) is 37.1 Å². The number of unbranched alkanes of at least 4 members (excludes halogenated alkanes) is 2. The Morgan fingerprint density at radius 2 is 2.00 bits per heavy atom. The van der Waals surface area contributed by atoms with E-state index in [0.717, 1.165) is 25.0 Å². The van der Waals surface area contributed by atoms with Crippen LogP contribution in [0.1, 0.15) is 43.0 Å². The normalized spacial score (nSPS) is 19.8. The van der Waals surface area contributed by atoms with E-state index in [1.807, 2.05) is 0 Å². The summed E-state index contributed by atoms with van der Waals surface area (Å²) in [7, 11) is -2.98. The van der Waals surface area contributed by atoms with Crippen LogP contribution >= 0.6 is 0 Å². The van der Waals surface area contributed by atoms with E-state index in [1.165, 1.54) is 0 Å². The number of hydrogen-bond donors (Lipinski definition) is 1. The van der Waals surface area contributed by atoms with E-state index in [4.69, 9.17) is 4.74 Å². The van der Waals surface area contributed by atoms with Crippen molar-refractivity contribution in [2.45, 2.75) is 38.6 Å². The maximum atomic E-state index is 12.1. The van der Waals surface area contributed by atoms with E-state index in [9.17, 15) is 13.2 Å². The second-order valence-electron chi connectivity index (χ2n) is 5.65. The zero-order valence-corrected chi connectivity index (χ0v) is 13.7. The Hall–Kier alpha value is -1.56. The van der Waals surface area contributed by atoms with Gasteiger partial charge in [0.05, 0.1) is 18.1 Å². The number of hydrogen-bond acceptors (Lipinski definition) is 4. The minimum atomic E-state index is -2.98. The molecule has 1 saturated heterocycles. The van der Waals surface area contributed by atoms with Crippen LogP contribution in [0.5, 0.6) is 5.75 Å². The van der Waals surface area contributed by atoms with Crippen LogP contribution in [0.4, 0.5) is 0 Å². The highest BCUT2D eigenvalue weighted by molar-refractivity contribution is 7.91. The number of rotatable bonds is 7. The predicted octanol–water partition coefficient (Wildman–Crippen LogP) is 2.17. The molecular formula is C16H23NO4S. The van der Waals surface area contributed by atoms with Crippen LogP contribution in [-0.4, -0.2) is 38.5 Å². The second kappa shape index (κ2) is 7.63. The van der Waals surface area contributed by atoms with Crippen molar-refractivity contribution in [3.8, 4) is 5.75 Å². The average molecular weight is 325 g/mol. The molecule has 0 radical (unpaired) electrons. The monoisotopic (exact) mass is 325 g/mol. The highest BCUT2D eigenvalue weighted by Crippen LogP contribution is 2.15. The molecule has 0 aliphatic carbocycles. The fourth-order valence-corrected chi connectivity index (χ4v) is 4.10. The van der Waals surface area contributed by atoms with Crippen LogP contribution in [-0.2, 0) is 9.84 Å². The molecule has 1 heterocycles. The van der Waals surface area contributed by atoms with Crippen LogP contribution in [0.2, 0.25) is 0 Å². The molecule has 0 aromatic heterocycles. The summed E-state index contributed by atoms with van der Waals surface area (Å²) in [6, 6.07) is 6.67. The molecule has 1 aromatic carbocycles. The van der Waals surface area contributed by atoms with Crippen molar-refractivity contribution in [1.82, 2.24) is 5.32 Å². The van der Waals surface area contributed by atoms with E-state index in [2.05, 4.69) is 12.2 Å². The van der Waals surface area contributed by atoms with Crippen molar-refractivity contribution in [1.29, 1.82) is 0 Å². The maximum Gasteiger partial charge on any atom is 0.251 e. The number of carbonyl (C=O) groups is 1. The summed E-state index contributed by atoms with van der Waals surface area (Å²) in [5, 5.41) is 2.77. The van der Waals surface area contributed by atoms with Crippen LogP contribution in [0.15, 0.2) is 24.3 Å². The van der Waals surface area contributed by atoms with Crippen molar-refractivity contribution < 1.29 is 17.9 Å². The summed E-state index contributed by atoms with van der Waals surface area (Å²) in [6.45, 7) is 2.82. The second-order valence-corrected chi connectivity index (χ2v) is 7.88. The number of ether oxygens (including phenoxy) is 1. The van der Waals surface area contributed by atoms with E-state index in [-0.39, 0.29) is 23.5 Å². The average Bonchev–Trinajstić information content (AvgIpc) is 2.83. The Bertz CT molecular complexity index is 595. The molecule has 0 spiro atoms. The molecule has 1 N–H and O–H groups in total. The standard InChI is InChI=1S/C16H23NO4S/c1-2-3-4-10-21-15-7-5-13(6-8-15)16(18)17-14-9-11-22(19,20)12-14/h5-8,14H,2-4,9-12H2,1H3,(H,17,18). The van der Waals surface area contributed by atoms with Crippen LogP contribution < -0.4 is 10.1 Å². The molecule has 1 aliphatic heterocycles. The predicted molar refractivity (Wildman–Crippen MR) is 86.0 cm³/mol. The SMILES string of the molecule is CCCCCOc1ccc(C(=O)NC2CCS(=O)(=O)C2)cc1.